The molecule has 0 atom stereocenters. The molecule has 0 fully saturated rings. The number of pyridine rings is 1. The van der Waals surface area contributed by atoms with Gasteiger partial charge in [0.2, 0.25) is 0 Å². The van der Waals surface area contributed by atoms with Crippen molar-refractivity contribution in [1.82, 2.24) is 4.98 Å². The van der Waals surface area contributed by atoms with Gasteiger partial charge in [0, 0.05) is 37.6 Å². The van der Waals surface area contributed by atoms with E-state index in [1.54, 1.807) is 0 Å². The van der Waals surface area contributed by atoms with Gasteiger partial charge >= 0.3 is 0 Å². The topological polar surface area (TPSA) is 60.6 Å². The summed E-state index contributed by atoms with van der Waals surface area (Å²) < 4.78 is 10.9. The summed E-state index contributed by atoms with van der Waals surface area (Å²) in [6.07, 6.45) is 0. The summed E-state index contributed by atoms with van der Waals surface area (Å²) in [4.78, 5) is 7.10. The van der Waals surface area contributed by atoms with E-state index in [0.29, 0.717) is 31.4 Å². The van der Waals surface area contributed by atoms with Crippen LogP contribution >= 0.6 is 12.2 Å². The zero-order chi connectivity index (χ0) is 15.7. The van der Waals surface area contributed by atoms with Gasteiger partial charge in [-0.2, -0.15) is 0 Å². The van der Waals surface area contributed by atoms with Crippen LogP contribution in [0.15, 0.2) is 12.1 Å². The van der Waals surface area contributed by atoms with Crippen LogP contribution in [0, 0.1) is 6.92 Å². The number of rotatable bonds is 10. The van der Waals surface area contributed by atoms with Crippen molar-refractivity contribution in [2.75, 3.05) is 44.4 Å². The van der Waals surface area contributed by atoms with Crippen molar-refractivity contribution in [3.05, 3.63) is 23.4 Å². The molecule has 6 heteroatoms. The molecular weight excluding hydrogens is 286 g/mol. The van der Waals surface area contributed by atoms with Gasteiger partial charge in [-0.15, -0.1) is 0 Å². The monoisotopic (exact) mass is 311 g/mol. The van der Waals surface area contributed by atoms with Crippen LogP contribution in [-0.4, -0.2) is 49.5 Å². The second kappa shape index (κ2) is 9.65. The molecule has 2 N–H and O–H groups in total. The third kappa shape index (κ3) is 6.37. The minimum absolute atomic E-state index is 0.385. The zero-order valence-electron chi connectivity index (χ0n) is 13.1. The molecule has 1 rings (SSSR count). The Balaban J connectivity index is 2.86. The zero-order valence-corrected chi connectivity index (χ0v) is 13.9. The molecule has 0 aliphatic heterocycles. The van der Waals surface area contributed by atoms with Crippen LogP contribution in [-0.2, 0) is 9.47 Å². The number of nitrogens with two attached hydrogens (primary N) is 1. The SMILES string of the molecule is CCOCCN(CCOCC)c1cc(C(N)=S)cc(C)n1. The maximum atomic E-state index is 5.73. The average molecular weight is 311 g/mol. The van der Waals surface area contributed by atoms with E-state index in [1.165, 1.54) is 0 Å². The lowest BCUT2D eigenvalue weighted by Crippen LogP contribution is -2.32. The summed E-state index contributed by atoms with van der Waals surface area (Å²) >= 11 is 5.06. The molecule has 0 saturated carbocycles. The van der Waals surface area contributed by atoms with E-state index in [1.807, 2.05) is 32.9 Å². The molecule has 0 aliphatic rings. The van der Waals surface area contributed by atoms with Crippen LogP contribution < -0.4 is 10.6 Å². The summed E-state index contributed by atoms with van der Waals surface area (Å²) in [5, 5.41) is 0. The highest BCUT2D eigenvalue weighted by atomic mass is 32.1. The lowest BCUT2D eigenvalue weighted by Gasteiger charge is -2.24. The van der Waals surface area contributed by atoms with Gasteiger partial charge in [0.1, 0.15) is 10.8 Å². The first-order valence-electron chi connectivity index (χ1n) is 7.27. The van der Waals surface area contributed by atoms with Crippen molar-refractivity contribution < 1.29 is 9.47 Å². The fraction of sp³-hybridized carbons (Fsp3) is 0.600. The number of hydrogen-bond donors (Lipinski definition) is 1. The molecule has 1 aromatic heterocycles. The van der Waals surface area contributed by atoms with E-state index < -0.39 is 0 Å². The Bertz CT molecular complexity index is 445. The Kier molecular flexibility index (Phi) is 8.19. The quantitative estimate of drug-likeness (QED) is 0.526. The third-order valence-corrected chi connectivity index (χ3v) is 3.20. The van der Waals surface area contributed by atoms with Crippen molar-refractivity contribution in [3.63, 3.8) is 0 Å². The molecule has 1 aromatic rings. The molecule has 5 nitrogen and oxygen atoms in total. The van der Waals surface area contributed by atoms with E-state index in [4.69, 9.17) is 27.4 Å². The smallest absolute Gasteiger partial charge is 0.129 e. The van der Waals surface area contributed by atoms with Crippen LogP contribution in [0.1, 0.15) is 25.1 Å². The van der Waals surface area contributed by atoms with Crippen molar-refractivity contribution in [3.8, 4) is 0 Å². The van der Waals surface area contributed by atoms with E-state index in [2.05, 4.69) is 9.88 Å². The Morgan fingerprint density at radius 3 is 2.24 bits per heavy atom. The second-order valence-corrected chi connectivity index (χ2v) is 5.04. The van der Waals surface area contributed by atoms with Gasteiger partial charge in [-0.25, -0.2) is 4.98 Å². The lowest BCUT2D eigenvalue weighted by molar-refractivity contribution is 0.141. The number of thiocarbonyl (C=S) groups is 1. The van der Waals surface area contributed by atoms with Crippen molar-refractivity contribution in [2.24, 2.45) is 5.73 Å². The van der Waals surface area contributed by atoms with E-state index in [9.17, 15) is 0 Å². The van der Waals surface area contributed by atoms with Gasteiger partial charge < -0.3 is 20.1 Å². The molecule has 0 unspecified atom stereocenters. The molecule has 21 heavy (non-hydrogen) atoms. The first kappa shape index (κ1) is 17.8. The molecule has 0 radical (unpaired) electrons. The van der Waals surface area contributed by atoms with Crippen LogP contribution in [0.5, 0.6) is 0 Å². The summed E-state index contributed by atoms with van der Waals surface area (Å²) in [5.74, 6) is 0.859. The summed E-state index contributed by atoms with van der Waals surface area (Å²) in [6.45, 7) is 10.1. The van der Waals surface area contributed by atoms with E-state index >= 15 is 0 Å². The van der Waals surface area contributed by atoms with Crippen molar-refractivity contribution in [1.29, 1.82) is 0 Å². The van der Waals surface area contributed by atoms with Gasteiger partial charge in [0.05, 0.1) is 13.2 Å². The van der Waals surface area contributed by atoms with Gasteiger partial charge in [-0.3, -0.25) is 0 Å². The molecule has 1 heterocycles. The Hall–Kier alpha value is -1.24. The fourth-order valence-corrected chi connectivity index (χ4v) is 2.05. The highest BCUT2D eigenvalue weighted by molar-refractivity contribution is 7.80. The fourth-order valence-electron chi connectivity index (χ4n) is 1.93. The molecule has 0 saturated heterocycles. The lowest BCUT2D eigenvalue weighted by atomic mass is 10.2. The van der Waals surface area contributed by atoms with E-state index in [0.717, 1.165) is 30.2 Å². The number of nitrogens with zero attached hydrogens (tertiary/aromatic N) is 2. The molecule has 0 aromatic carbocycles. The van der Waals surface area contributed by atoms with Crippen LogP contribution in [0.2, 0.25) is 0 Å². The molecule has 0 bridgehead atoms. The van der Waals surface area contributed by atoms with Crippen molar-refractivity contribution in [2.45, 2.75) is 20.8 Å². The number of anilines is 1. The maximum absolute atomic E-state index is 5.73. The van der Waals surface area contributed by atoms with Crippen LogP contribution in [0.25, 0.3) is 0 Å². The molecule has 0 spiro atoms. The standard InChI is InChI=1S/C15H25N3O2S/c1-4-19-8-6-18(7-9-20-5-2)14-11-13(15(16)21)10-12(3)17-14/h10-11H,4-9H2,1-3H3,(H2,16,21). The predicted octanol–water partition coefficient (Wildman–Crippen LogP) is 1.90. The van der Waals surface area contributed by atoms with Crippen LogP contribution in [0.4, 0.5) is 5.82 Å². The molecule has 0 amide bonds. The summed E-state index contributed by atoms with van der Waals surface area (Å²) in [5.41, 5.74) is 7.47. The summed E-state index contributed by atoms with van der Waals surface area (Å²) in [6, 6.07) is 3.82. The predicted molar refractivity (Wildman–Crippen MR) is 90.1 cm³/mol. The van der Waals surface area contributed by atoms with Gasteiger partial charge in [-0.05, 0) is 32.9 Å². The van der Waals surface area contributed by atoms with Crippen LogP contribution in [0.3, 0.4) is 0 Å². The maximum Gasteiger partial charge on any atom is 0.129 e. The van der Waals surface area contributed by atoms with Crippen molar-refractivity contribution >= 4 is 23.0 Å². The number of aromatic nitrogens is 1. The normalized spacial score (nSPS) is 10.6. The third-order valence-electron chi connectivity index (χ3n) is 2.97. The minimum atomic E-state index is 0.385. The average Bonchev–Trinajstić information content (AvgIpc) is 2.45. The number of aryl methyl sites for hydroxylation is 1. The number of ether oxygens (including phenoxy) is 2. The Morgan fingerprint density at radius 1 is 1.19 bits per heavy atom. The summed E-state index contributed by atoms with van der Waals surface area (Å²) in [7, 11) is 0. The highest BCUT2D eigenvalue weighted by Crippen LogP contribution is 2.15. The largest absolute Gasteiger partial charge is 0.389 e. The first-order valence-corrected chi connectivity index (χ1v) is 7.68. The second-order valence-electron chi connectivity index (χ2n) is 4.60. The first-order chi connectivity index (χ1) is 10.1. The Labute approximate surface area is 132 Å². The molecule has 0 aliphatic carbocycles. The number of hydrogen-bond acceptors (Lipinski definition) is 5. The van der Waals surface area contributed by atoms with Gasteiger partial charge in [-0.1, -0.05) is 12.2 Å². The molecule has 118 valence electrons. The highest BCUT2D eigenvalue weighted by Gasteiger charge is 2.11. The van der Waals surface area contributed by atoms with Gasteiger partial charge in [0.15, 0.2) is 0 Å². The van der Waals surface area contributed by atoms with E-state index in [-0.39, 0.29) is 0 Å². The minimum Gasteiger partial charge on any atom is -0.389 e. The Morgan fingerprint density at radius 2 is 1.76 bits per heavy atom. The van der Waals surface area contributed by atoms with Gasteiger partial charge in [0.25, 0.3) is 0 Å². The molecular formula is C15H25N3O2S.